The largest absolute Gasteiger partial charge is 0.478 e. The van der Waals surface area contributed by atoms with Gasteiger partial charge in [0.1, 0.15) is 6.61 Å². The molecular formula is C14H13I3N2O6. The lowest BCUT2D eigenvalue weighted by Crippen LogP contribution is -2.30. The summed E-state index contributed by atoms with van der Waals surface area (Å²) in [5.74, 6) is -2.57. The van der Waals surface area contributed by atoms with Crippen LogP contribution >= 0.6 is 67.8 Å². The van der Waals surface area contributed by atoms with E-state index in [1.165, 1.54) is 13.8 Å². The zero-order valence-electron chi connectivity index (χ0n) is 13.0. The summed E-state index contributed by atoms with van der Waals surface area (Å²) in [5.41, 5.74) is 0.359. The van der Waals surface area contributed by atoms with Gasteiger partial charge in [0, 0.05) is 17.4 Å². The number of hydrogen-bond donors (Lipinski definition) is 3. The van der Waals surface area contributed by atoms with Crippen molar-refractivity contribution >= 4 is 97.2 Å². The Bertz CT molecular complexity index is 751. The molecule has 0 aliphatic carbocycles. The SMILES string of the molecule is CC(=O)Nc1c(I)c(C(=O)O)c(I)c(C(=O)NCCOC(C)=O)c1I. The van der Waals surface area contributed by atoms with Crippen molar-refractivity contribution in [3.05, 3.63) is 21.8 Å². The van der Waals surface area contributed by atoms with Crippen LogP contribution in [-0.4, -0.2) is 42.0 Å². The number of carbonyl (C=O) groups is 4. The standard InChI is InChI=1S/C14H13I3N2O6/c1-5(20)19-12-10(16)7(9(15)8(11(12)17)14(23)24)13(22)18-3-4-25-6(2)21/h3-4H2,1-2H3,(H,18,22)(H,19,20)(H,23,24). The highest BCUT2D eigenvalue weighted by Crippen LogP contribution is 2.35. The quantitative estimate of drug-likeness (QED) is 0.241. The number of anilines is 1. The maximum Gasteiger partial charge on any atom is 0.337 e. The molecule has 0 atom stereocenters. The highest BCUT2D eigenvalue weighted by Gasteiger charge is 2.27. The van der Waals surface area contributed by atoms with Gasteiger partial charge >= 0.3 is 11.9 Å². The molecule has 0 saturated carbocycles. The minimum atomic E-state index is -1.20. The maximum atomic E-state index is 12.5. The molecule has 0 aromatic heterocycles. The average molecular weight is 686 g/mol. The van der Waals surface area contributed by atoms with Crippen LogP contribution in [-0.2, 0) is 14.3 Å². The number of carboxylic acids is 1. The predicted molar refractivity (Wildman–Crippen MR) is 115 cm³/mol. The molecule has 1 aromatic rings. The molecule has 0 aliphatic heterocycles. The average Bonchev–Trinajstić information content (AvgIpc) is 2.47. The monoisotopic (exact) mass is 686 g/mol. The van der Waals surface area contributed by atoms with Crippen molar-refractivity contribution in [2.75, 3.05) is 18.5 Å². The first-order valence-electron chi connectivity index (χ1n) is 6.70. The van der Waals surface area contributed by atoms with Crippen LogP contribution in [0.2, 0.25) is 0 Å². The third-order valence-corrected chi connectivity index (χ3v) is 5.99. The summed E-state index contributed by atoms with van der Waals surface area (Å²) in [5, 5.41) is 14.6. The number of halogens is 3. The van der Waals surface area contributed by atoms with Crippen molar-refractivity contribution in [3.63, 3.8) is 0 Å². The van der Waals surface area contributed by atoms with Gasteiger partial charge in [-0.05, 0) is 67.8 Å². The van der Waals surface area contributed by atoms with Gasteiger partial charge in [-0.25, -0.2) is 4.79 Å². The molecule has 0 spiro atoms. The van der Waals surface area contributed by atoms with Crippen LogP contribution in [0.1, 0.15) is 34.6 Å². The minimum Gasteiger partial charge on any atom is -0.478 e. The Balaban J connectivity index is 3.31. The number of nitrogens with one attached hydrogen (secondary N) is 2. The number of amides is 2. The minimum absolute atomic E-state index is 0.00292. The third-order valence-electron chi connectivity index (χ3n) is 2.75. The van der Waals surface area contributed by atoms with Gasteiger partial charge in [-0.3, -0.25) is 14.4 Å². The highest BCUT2D eigenvalue weighted by atomic mass is 127. The second-order valence-electron chi connectivity index (χ2n) is 4.65. The summed E-state index contributed by atoms with van der Waals surface area (Å²) >= 11 is 5.51. The Morgan fingerprint density at radius 2 is 1.56 bits per heavy atom. The topological polar surface area (TPSA) is 122 Å². The lowest BCUT2D eigenvalue weighted by Gasteiger charge is -2.17. The second kappa shape index (κ2) is 9.84. The third kappa shape index (κ3) is 5.90. The zero-order valence-corrected chi connectivity index (χ0v) is 19.5. The molecule has 1 aromatic carbocycles. The number of rotatable bonds is 6. The van der Waals surface area contributed by atoms with Crippen LogP contribution in [0.5, 0.6) is 0 Å². The van der Waals surface area contributed by atoms with Crippen LogP contribution in [0, 0.1) is 10.7 Å². The number of esters is 1. The van der Waals surface area contributed by atoms with E-state index < -0.39 is 17.8 Å². The molecule has 1 rings (SSSR count). The Kier molecular flexibility index (Phi) is 8.79. The Labute approximate surface area is 184 Å². The smallest absolute Gasteiger partial charge is 0.337 e. The first kappa shape index (κ1) is 22.3. The van der Waals surface area contributed by atoms with Crippen molar-refractivity contribution in [2.24, 2.45) is 0 Å². The lowest BCUT2D eigenvalue weighted by atomic mass is 10.1. The van der Waals surface area contributed by atoms with Gasteiger partial charge in [0.05, 0.1) is 30.5 Å². The number of benzene rings is 1. The van der Waals surface area contributed by atoms with E-state index >= 15 is 0 Å². The molecule has 0 fully saturated rings. The Hall–Kier alpha value is -0.710. The van der Waals surface area contributed by atoms with Crippen molar-refractivity contribution in [1.29, 1.82) is 0 Å². The molecule has 0 saturated heterocycles. The lowest BCUT2D eigenvalue weighted by molar-refractivity contribution is -0.140. The summed E-state index contributed by atoms with van der Waals surface area (Å²) in [7, 11) is 0. The molecule has 0 radical (unpaired) electrons. The number of aromatic carboxylic acids is 1. The molecule has 0 bridgehead atoms. The molecule has 25 heavy (non-hydrogen) atoms. The Morgan fingerprint density at radius 1 is 1.00 bits per heavy atom. The van der Waals surface area contributed by atoms with E-state index in [-0.39, 0.29) is 39.4 Å². The van der Waals surface area contributed by atoms with Crippen LogP contribution in [0.4, 0.5) is 5.69 Å². The van der Waals surface area contributed by atoms with Crippen molar-refractivity contribution in [1.82, 2.24) is 5.32 Å². The number of carbonyl (C=O) groups excluding carboxylic acids is 3. The molecule has 0 heterocycles. The summed E-state index contributed by atoms with van der Waals surface area (Å²) in [4.78, 5) is 46.2. The van der Waals surface area contributed by atoms with Gasteiger partial charge in [0.25, 0.3) is 5.91 Å². The van der Waals surface area contributed by atoms with E-state index in [1.54, 1.807) is 22.6 Å². The summed E-state index contributed by atoms with van der Waals surface area (Å²) in [6.45, 7) is 2.63. The van der Waals surface area contributed by atoms with Gasteiger partial charge in [0.2, 0.25) is 5.91 Å². The van der Waals surface area contributed by atoms with Crippen LogP contribution in [0.3, 0.4) is 0 Å². The van der Waals surface area contributed by atoms with Crippen molar-refractivity contribution < 1.29 is 29.0 Å². The Morgan fingerprint density at radius 3 is 2.04 bits per heavy atom. The van der Waals surface area contributed by atoms with Crippen LogP contribution < -0.4 is 10.6 Å². The van der Waals surface area contributed by atoms with Gasteiger partial charge < -0.3 is 20.5 Å². The molecule has 0 aliphatic rings. The van der Waals surface area contributed by atoms with Gasteiger partial charge in [-0.2, -0.15) is 0 Å². The maximum absolute atomic E-state index is 12.5. The highest BCUT2D eigenvalue weighted by molar-refractivity contribution is 14.1. The van der Waals surface area contributed by atoms with E-state index in [9.17, 15) is 24.3 Å². The zero-order chi connectivity index (χ0) is 19.3. The van der Waals surface area contributed by atoms with Crippen LogP contribution in [0.15, 0.2) is 0 Å². The second-order valence-corrected chi connectivity index (χ2v) is 7.89. The molecule has 0 unspecified atom stereocenters. The van der Waals surface area contributed by atoms with E-state index in [0.717, 1.165) is 0 Å². The first-order chi connectivity index (χ1) is 11.6. The molecule has 3 N–H and O–H groups in total. The number of hydrogen-bond acceptors (Lipinski definition) is 5. The van der Waals surface area contributed by atoms with E-state index in [1.807, 2.05) is 45.2 Å². The van der Waals surface area contributed by atoms with Gasteiger partial charge in [-0.15, -0.1) is 0 Å². The summed E-state index contributed by atoms with van der Waals surface area (Å²) in [6, 6.07) is 0. The van der Waals surface area contributed by atoms with Crippen molar-refractivity contribution in [2.45, 2.75) is 13.8 Å². The normalized spacial score (nSPS) is 10.1. The molecule has 11 heteroatoms. The van der Waals surface area contributed by atoms with E-state index in [2.05, 4.69) is 10.6 Å². The fourth-order valence-corrected chi connectivity index (χ4v) is 6.17. The molecular weight excluding hydrogens is 673 g/mol. The first-order valence-corrected chi connectivity index (χ1v) is 9.94. The summed E-state index contributed by atoms with van der Waals surface area (Å²) < 4.78 is 5.76. The number of carboxylic acid groups (broad SMARTS) is 1. The molecule has 136 valence electrons. The summed E-state index contributed by atoms with van der Waals surface area (Å²) in [6.07, 6.45) is 0. The van der Waals surface area contributed by atoms with Crippen molar-refractivity contribution in [3.8, 4) is 0 Å². The fraction of sp³-hybridized carbons (Fsp3) is 0.286. The molecule has 2 amide bonds. The molecule has 8 nitrogen and oxygen atoms in total. The fourth-order valence-electron chi connectivity index (χ4n) is 1.78. The predicted octanol–water partition coefficient (Wildman–Crippen LogP) is 2.45. The van der Waals surface area contributed by atoms with Gasteiger partial charge in [0.15, 0.2) is 0 Å². The van der Waals surface area contributed by atoms with E-state index in [4.69, 9.17) is 4.74 Å². The number of ether oxygens (including phenoxy) is 1. The van der Waals surface area contributed by atoms with Gasteiger partial charge in [-0.1, -0.05) is 0 Å². The van der Waals surface area contributed by atoms with E-state index in [0.29, 0.717) is 7.14 Å². The van der Waals surface area contributed by atoms with Crippen LogP contribution in [0.25, 0.3) is 0 Å².